The molecule has 0 radical (unpaired) electrons. The van der Waals surface area contributed by atoms with Crippen molar-refractivity contribution in [2.24, 2.45) is 0 Å². The van der Waals surface area contributed by atoms with Gasteiger partial charge in [-0.15, -0.1) is 0 Å². The van der Waals surface area contributed by atoms with Gasteiger partial charge in [0.05, 0.1) is 5.56 Å². The first kappa shape index (κ1) is 18.8. The molecule has 11 heteroatoms. The van der Waals surface area contributed by atoms with Crippen molar-refractivity contribution in [3.63, 3.8) is 0 Å². The standard InChI is InChI=1S/C14H8F3IN2O5/c15-14(16,17)6-3-4(18)1-2-5(6)7-8(12(22)23)10(19)20-11(21)9(7)13(24)25/h1-3H,(H,22,23)(H,24,25)(H3,19,20,21). The summed E-state index contributed by atoms with van der Waals surface area (Å²) in [6, 6.07) is 2.84. The molecule has 1 aromatic carbocycles. The van der Waals surface area contributed by atoms with Gasteiger partial charge in [0.1, 0.15) is 16.9 Å². The van der Waals surface area contributed by atoms with Gasteiger partial charge in [-0.25, -0.2) is 9.59 Å². The van der Waals surface area contributed by atoms with E-state index in [4.69, 9.17) is 5.73 Å². The van der Waals surface area contributed by atoms with Gasteiger partial charge in [-0.2, -0.15) is 13.2 Å². The number of carbonyl (C=O) groups is 2. The number of alkyl halides is 3. The highest BCUT2D eigenvalue weighted by Crippen LogP contribution is 2.40. The minimum absolute atomic E-state index is 0.181. The molecule has 0 aliphatic heterocycles. The number of aromatic carboxylic acids is 2. The summed E-state index contributed by atoms with van der Waals surface area (Å²) in [6.07, 6.45) is -4.92. The summed E-state index contributed by atoms with van der Waals surface area (Å²) < 4.78 is 40.3. The molecule has 1 heterocycles. The molecule has 7 nitrogen and oxygen atoms in total. The molecule has 0 aliphatic rings. The maximum absolute atomic E-state index is 13.4. The zero-order valence-corrected chi connectivity index (χ0v) is 14.1. The van der Waals surface area contributed by atoms with Crippen LogP contribution in [0.1, 0.15) is 26.3 Å². The highest BCUT2D eigenvalue weighted by atomic mass is 127. The number of hydrogen-bond acceptors (Lipinski definition) is 4. The fourth-order valence-corrected chi connectivity index (χ4v) is 2.78. The molecule has 0 amide bonds. The van der Waals surface area contributed by atoms with Gasteiger partial charge >= 0.3 is 18.1 Å². The van der Waals surface area contributed by atoms with Crippen LogP contribution in [-0.4, -0.2) is 27.1 Å². The second-order valence-electron chi connectivity index (χ2n) is 4.79. The molecule has 2 rings (SSSR count). The van der Waals surface area contributed by atoms with E-state index in [1.54, 1.807) is 22.6 Å². The number of pyridine rings is 1. The highest BCUT2D eigenvalue weighted by molar-refractivity contribution is 14.1. The van der Waals surface area contributed by atoms with Crippen LogP contribution in [0.25, 0.3) is 11.1 Å². The Morgan fingerprint density at radius 3 is 2.16 bits per heavy atom. The number of nitrogens with two attached hydrogens (primary N) is 1. The van der Waals surface area contributed by atoms with E-state index in [0.717, 1.165) is 6.07 Å². The van der Waals surface area contributed by atoms with E-state index in [1.807, 2.05) is 4.98 Å². The van der Waals surface area contributed by atoms with Crippen LogP contribution in [-0.2, 0) is 6.18 Å². The molecule has 0 fully saturated rings. The number of aromatic nitrogens is 1. The maximum atomic E-state index is 13.4. The summed E-state index contributed by atoms with van der Waals surface area (Å²) in [5.41, 5.74) is -0.914. The molecular weight excluding hydrogens is 460 g/mol. The average molecular weight is 468 g/mol. The average Bonchev–Trinajstić information content (AvgIpc) is 2.44. The van der Waals surface area contributed by atoms with Crippen molar-refractivity contribution in [1.82, 2.24) is 4.98 Å². The summed E-state index contributed by atoms with van der Waals surface area (Å²) in [5, 5.41) is 18.5. The lowest BCUT2D eigenvalue weighted by Crippen LogP contribution is -2.25. The van der Waals surface area contributed by atoms with Crippen LogP contribution in [0, 0.1) is 3.57 Å². The van der Waals surface area contributed by atoms with Crippen LogP contribution in [0.2, 0.25) is 0 Å². The van der Waals surface area contributed by atoms with Crippen LogP contribution < -0.4 is 11.3 Å². The molecule has 0 unspecified atom stereocenters. The summed E-state index contributed by atoms with van der Waals surface area (Å²) in [6.45, 7) is 0. The van der Waals surface area contributed by atoms with Crippen molar-refractivity contribution in [2.75, 3.05) is 5.73 Å². The number of rotatable bonds is 3. The number of carboxylic acid groups (broad SMARTS) is 2. The molecule has 5 N–H and O–H groups in total. The van der Waals surface area contributed by atoms with Gasteiger partial charge in [-0.05, 0) is 40.3 Å². The molecular formula is C14H8F3IN2O5. The van der Waals surface area contributed by atoms with Gasteiger partial charge in [0.25, 0.3) is 5.56 Å². The van der Waals surface area contributed by atoms with Crippen molar-refractivity contribution >= 4 is 40.3 Å². The van der Waals surface area contributed by atoms with Gasteiger partial charge in [-0.1, -0.05) is 6.07 Å². The van der Waals surface area contributed by atoms with E-state index < -0.39 is 57.3 Å². The largest absolute Gasteiger partial charge is 0.478 e. The Morgan fingerprint density at radius 1 is 1.12 bits per heavy atom. The van der Waals surface area contributed by atoms with Crippen LogP contribution in [0.5, 0.6) is 0 Å². The Balaban J connectivity index is 3.10. The Morgan fingerprint density at radius 2 is 1.68 bits per heavy atom. The molecule has 0 aliphatic carbocycles. The van der Waals surface area contributed by atoms with Gasteiger partial charge < -0.3 is 20.9 Å². The summed E-state index contributed by atoms with van der Waals surface area (Å²) in [5.74, 6) is -4.41. The zero-order valence-electron chi connectivity index (χ0n) is 11.9. The summed E-state index contributed by atoms with van der Waals surface area (Å²) in [4.78, 5) is 36.6. The molecule has 2 aromatic rings. The number of carboxylic acids is 2. The molecule has 25 heavy (non-hydrogen) atoms. The van der Waals surface area contributed by atoms with Crippen LogP contribution in [0.3, 0.4) is 0 Å². The third kappa shape index (κ3) is 3.45. The van der Waals surface area contributed by atoms with Crippen molar-refractivity contribution in [3.05, 3.63) is 48.8 Å². The second-order valence-corrected chi connectivity index (χ2v) is 6.04. The van der Waals surface area contributed by atoms with Crippen molar-refractivity contribution in [2.45, 2.75) is 6.18 Å². The lowest BCUT2D eigenvalue weighted by Gasteiger charge is -2.17. The molecule has 0 bridgehead atoms. The number of nitrogen functional groups attached to an aromatic ring is 1. The van der Waals surface area contributed by atoms with Crippen molar-refractivity contribution < 1.29 is 33.0 Å². The van der Waals surface area contributed by atoms with E-state index in [2.05, 4.69) is 0 Å². The third-order valence-electron chi connectivity index (χ3n) is 3.23. The first-order chi connectivity index (χ1) is 11.4. The topological polar surface area (TPSA) is 133 Å². The number of anilines is 1. The quantitative estimate of drug-likeness (QED) is 0.512. The molecule has 0 atom stereocenters. The predicted molar refractivity (Wildman–Crippen MR) is 88.5 cm³/mol. The number of benzene rings is 1. The lowest BCUT2D eigenvalue weighted by molar-refractivity contribution is -0.137. The van der Waals surface area contributed by atoms with Gasteiger partial charge in [0.2, 0.25) is 0 Å². The number of H-pyrrole nitrogens is 1. The Hall–Kier alpha value is -2.57. The first-order valence-corrected chi connectivity index (χ1v) is 7.42. The van der Waals surface area contributed by atoms with Gasteiger partial charge in [0, 0.05) is 9.13 Å². The molecule has 0 spiro atoms. The molecule has 1 aromatic heterocycles. The zero-order chi connectivity index (χ0) is 19.1. The predicted octanol–water partition coefficient (Wildman–Crippen LogP) is 2.64. The Labute approximate surface area is 150 Å². The highest BCUT2D eigenvalue weighted by Gasteiger charge is 2.37. The fourth-order valence-electron chi connectivity index (χ4n) is 2.29. The number of nitrogens with one attached hydrogen (secondary N) is 1. The van der Waals surface area contributed by atoms with Crippen LogP contribution >= 0.6 is 22.6 Å². The second kappa shape index (κ2) is 6.38. The molecule has 132 valence electrons. The van der Waals surface area contributed by atoms with E-state index in [1.165, 1.54) is 6.07 Å². The van der Waals surface area contributed by atoms with E-state index >= 15 is 0 Å². The number of aromatic amines is 1. The normalized spacial score (nSPS) is 11.4. The smallest absolute Gasteiger partial charge is 0.417 e. The third-order valence-corrected chi connectivity index (χ3v) is 3.90. The van der Waals surface area contributed by atoms with Crippen molar-refractivity contribution in [1.29, 1.82) is 0 Å². The summed E-state index contributed by atoms with van der Waals surface area (Å²) in [7, 11) is 0. The fraction of sp³-hybridized carbons (Fsp3) is 0.0714. The lowest BCUT2D eigenvalue weighted by atomic mass is 9.91. The minimum atomic E-state index is -4.92. The maximum Gasteiger partial charge on any atom is 0.417 e. The Bertz CT molecular complexity index is 953. The Kier molecular flexibility index (Phi) is 4.79. The van der Waals surface area contributed by atoms with Crippen LogP contribution in [0.4, 0.5) is 19.0 Å². The van der Waals surface area contributed by atoms with Crippen molar-refractivity contribution in [3.8, 4) is 11.1 Å². The molecule has 0 saturated heterocycles. The monoisotopic (exact) mass is 468 g/mol. The SMILES string of the molecule is Nc1[nH]c(=O)c(C(=O)O)c(-c2ccc(I)cc2C(F)(F)F)c1C(=O)O. The van der Waals surface area contributed by atoms with E-state index in [9.17, 15) is 37.8 Å². The summed E-state index contributed by atoms with van der Waals surface area (Å²) >= 11 is 1.61. The first-order valence-electron chi connectivity index (χ1n) is 6.34. The van der Waals surface area contributed by atoms with Gasteiger partial charge in [-0.3, -0.25) is 4.79 Å². The van der Waals surface area contributed by atoms with E-state index in [-0.39, 0.29) is 3.57 Å². The van der Waals surface area contributed by atoms with E-state index in [0.29, 0.717) is 6.07 Å². The molecule has 0 saturated carbocycles. The number of halogens is 4. The minimum Gasteiger partial charge on any atom is -0.478 e. The number of hydrogen-bond donors (Lipinski definition) is 4. The van der Waals surface area contributed by atoms with Crippen LogP contribution in [0.15, 0.2) is 23.0 Å². The van der Waals surface area contributed by atoms with Gasteiger partial charge in [0.15, 0.2) is 0 Å².